The zero-order valence-electron chi connectivity index (χ0n) is 18.6. The summed E-state index contributed by atoms with van der Waals surface area (Å²) in [5, 5.41) is 0. The zero-order chi connectivity index (χ0) is 23.2. The quantitative estimate of drug-likeness (QED) is 0.674. The maximum absolute atomic E-state index is 13.8. The third-order valence-corrected chi connectivity index (χ3v) is 7.55. The third kappa shape index (κ3) is 4.26. The average molecular weight is 470 g/mol. The summed E-state index contributed by atoms with van der Waals surface area (Å²) in [6, 6.07) is 1.12. The summed E-state index contributed by atoms with van der Waals surface area (Å²) >= 11 is 0. The molecule has 0 bridgehead atoms. The molecule has 3 fully saturated rings. The van der Waals surface area contributed by atoms with E-state index in [1.807, 2.05) is 0 Å². The van der Waals surface area contributed by atoms with Crippen LogP contribution in [0, 0.1) is 5.41 Å². The minimum Gasteiger partial charge on any atom is -0.379 e. The Kier molecular flexibility index (Phi) is 6.13. The van der Waals surface area contributed by atoms with Crippen LogP contribution in [0.15, 0.2) is 12.3 Å². The molecule has 33 heavy (non-hydrogen) atoms. The number of nitrogens with zero attached hydrogens (tertiary/aromatic N) is 2. The lowest BCUT2D eigenvalue weighted by atomic mass is 9.80. The van der Waals surface area contributed by atoms with Crippen LogP contribution in [0.5, 0.6) is 0 Å². The second-order valence-electron chi connectivity index (χ2n) is 9.44. The molecular formula is C23H29F3N2O5. The Labute approximate surface area is 190 Å². The first-order valence-corrected chi connectivity index (χ1v) is 11.5. The van der Waals surface area contributed by atoms with Crippen LogP contribution in [0.1, 0.15) is 42.5 Å². The van der Waals surface area contributed by atoms with E-state index in [4.69, 9.17) is 18.9 Å². The first kappa shape index (κ1) is 23.0. The van der Waals surface area contributed by atoms with Crippen LogP contribution >= 0.6 is 0 Å². The van der Waals surface area contributed by atoms with Gasteiger partial charge in [-0.3, -0.25) is 9.78 Å². The maximum atomic E-state index is 13.8. The standard InChI is InChI=1S/C23H29F3N2O5/c1-30-19-13-31-6-3-18(19)33-16-9-20-22(10-16,4-7-32-20)21(29)28-5-2-17-14(12-28)8-15(11-27-17)23(24,25)26/h8,11,16,18-20H,2-7,9-10,12-13H2,1H3/t16?,18-,19+,20+,22+/m0/s1. The van der Waals surface area contributed by atoms with Crippen LogP contribution in [0.2, 0.25) is 0 Å². The van der Waals surface area contributed by atoms with Crippen molar-refractivity contribution < 1.29 is 36.9 Å². The Morgan fingerprint density at radius 3 is 2.94 bits per heavy atom. The second kappa shape index (κ2) is 8.79. The molecule has 1 aromatic heterocycles. The van der Waals surface area contributed by atoms with Gasteiger partial charge in [-0.25, -0.2) is 0 Å². The molecule has 2 saturated heterocycles. The van der Waals surface area contributed by atoms with E-state index < -0.39 is 17.2 Å². The summed E-state index contributed by atoms with van der Waals surface area (Å²) in [5.74, 6) is -0.0468. The SMILES string of the molecule is CO[C@@H]1COCC[C@@H]1OC1C[C@H]2OCC[C@@]2(C(=O)N2CCc3ncc(C(F)(F)F)cc3C2)C1. The molecule has 0 aromatic carbocycles. The van der Waals surface area contributed by atoms with Gasteiger partial charge in [-0.15, -0.1) is 0 Å². The molecule has 5 atom stereocenters. The number of aromatic nitrogens is 1. The van der Waals surface area contributed by atoms with E-state index in [2.05, 4.69) is 4.98 Å². The van der Waals surface area contributed by atoms with Gasteiger partial charge in [0.2, 0.25) is 5.91 Å². The Hall–Kier alpha value is -1.75. The number of pyridine rings is 1. The van der Waals surface area contributed by atoms with E-state index in [1.54, 1.807) is 12.0 Å². The molecule has 1 amide bonds. The van der Waals surface area contributed by atoms with Crippen molar-refractivity contribution in [2.45, 2.75) is 69.2 Å². The van der Waals surface area contributed by atoms with Crippen molar-refractivity contribution in [2.75, 3.05) is 33.5 Å². The van der Waals surface area contributed by atoms with Crippen LogP contribution in [0.3, 0.4) is 0 Å². The lowest BCUT2D eigenvalue weighted by molar-refractivity contribution is -0.152. The van der Waals surface area contributed by atoms with Crippen molar-refractivity contribution in [3.63, 3.8) is 0 Å². The Morgan fingerprint density at radius 2 is 2.15 bits per heavy atom. The summed E-state index contributed by atoms with van der Waals surface area (Å²) < 4.78 is 62.8. The predicted octanol–water partition coefficient (Wildman–Crippen LogP) is 2.74. The smallest absolute Gasteiger partial charge is 0.379 e. The van der Waals surface area contributed by atoms with E-state index in [0.717, 1.165) is 18.7 Å². The largest absolute Gasteiger partial charge is 0.417 e. The van der Waals surface area contributed by atoms with Gasteiger partial charge in [0.05, 0.1) is 35.9 Å². The molecule has 1 saturated carbocycles. The third-order valence-electron chi connectivity index (χ3n) is 7.55. The fourth-order valence-electron chi connectivity index (χ4n) is 5.78. The zero-order valence-corrected chi connectivity index (χ0v) is 18.6. The van der Waals surface area contributed by atoms with Crippen LogP contribution < -0.4 is 0 Å². The van der Waals surface area contributed by atoms with Crippen LogP contribution in [0.25, 0.3) is 0 Å². The Bertz CT molecular complexity index is 897. The highest BCUT2D eigenvalue weighted by molar-refractivity contribution is 5.84. The van der Waals surface area contributed by atoms with Crippen LogP contribution in [0.4, 0.5) is 13.2 Å². The summed E-state index contributed by atoms with van der Waals surface area (Å²) in [4.78, 5) is 19.4. The summed E-state index contributed by atoms with van der Waals surface area (Å²) in [7, 11) is 1.64. The lowest BCUT2D eigenvalue weighted by Gasteiger charge is -2.37. The molecule has 3 aliphatic heterocycles. The molecule has 7 nitrogen and oxygen atoms in total. The number of halogens is 3. The summed E-state index contributed by atoms with van der Waals surface area (Å²) in [6.07, 6.45) is -1.23. The van der Waals surface area contributed by atoms with Crippen molar-refractivity contribution in [3.8, 4) is 0 Å². The van der Waals surface area contributed by atoms with Gasteiger partial charge in [-0.1, -0.05) is 0 Å². The van der Waals surface area contributed by atoms with Crippen molar-refractivity contribution in [2.24, 2.45) is 5.41 Å². The second-order valence-corrected chi connectivity index (χ2v) is 9.44. The van der Waals surface area contributed by atoms with E-state index in [0.29, 0.717) is 63.3 Å². The molecule has 0 spiro atoms. The van der Waals surface area contributed by atoms with Gasteiger partial charge in [0, 0.05) is 58.1 Å². The molecule has 5 rings (SSSR count). The molecule has 1 aromatic rings. The van der Waals surface area contributed by atoms with Gasteiger partial charge in [0.1, 0.15) is 6.10 Å². The predicted molar refractivity (Wildman–Crippen MR) is 109 cm³/mol. The van der Waals surface area contributed by atoms with E-state index in [-0.39, 0.29) is 36.9 Å². The number of alkyl halides is 3. The summed E-state index contributed by atoms with van der Waals surface area (Å²) in [5.41, 5.74) is -0.381. The van der Waals surface area contributed by atoms with Crippen molar-refractivity contribution in [1.29, 1.82) is 0 Å². The highest BCUT2D eigenvalue weighted by atomic mass is 19.4. The van der Waals surface area contributed by atoms with E-state index in [1.165, 1.54) is 0 Å². The van der Waals surface area contributed by atoms with Crippen molar-refractivity contribution in [3.05, 3.63) is 29.1 Å². The van der Waals surface area contributed by atoms with Gasteiger partial charge >= 0.3 is 6.18 Å². The number of methoxy groups -OCH3 is 1. The highest BCUT2D eigenvalue weighted by Crippen LogP contribution is 2.50. The number of fused-ring (bicyclic) bond motifs is 2. The molecule has 1 aliphatic carbocycles. The number of hydrogen-bond donors (Lipinski definition) is 0. The van der Waals surface area contributed by atoms with Gasteiger partial charge in [-0.2, -0.15) is 13.2 Å². The number of ether oxygens (including phenoxy) is 4. The van der Waals surface area contributed by atoms with Gasteiger partial charge in [-0.05, 0) is 30.9 Å². The minimum absolute atomic E-state index is 0.0468. The average Bonchev–Trinajstić information content (AvgIpc) is 3.35. The van der Waals surface area contributed by atoms with Crippen molar-refractivity contribution in [1.82, 2.24) is 9.88 Å². The van der Waals surface area contributed by atoms with E-state index >= 15 is 0 Å². The number of rotatable bonds is 4. The topological polar surface area (TPSA) is 70.1 Å². The molecule has 4 heterocycles. The molecule has 10 heteroatoms. The highest BCUT2D eigenvalue weighted by Gasteiger charge is 2.58. The van der Waals surface area contributed by atoms with Gasteiger partial charge in [0.25, 0.3) is 0 Å². The van der Waals surface area contributed by atoms with Gasteiger partial charge < -0.3 is 23.8 Å². The number of amides is 1. The molecule has 1 unspecified atom stereocenters. The molecule has 182 valence electrons. The minimum atomic E-state index is -4.46. The lowest BCUT2D eigenvalue weighted by Crippen LogP contribution is -2.48. The Balaban J connectivity index is 1.31. The monoisotopic (exact) mass is 470 g/mol. The Morgan fingerprint density at radius 1 is 1.30 bits per heavy atom. The number of carbonyl (C=O) groups is 1. The van der Waals surface area contributed by atoms with Gasteiger partial charge in [0.15, 0.2) is 0 Å². The number of carbonyl (C=O) groups excluding carboxylic acids is 1. The normalized spacial score (nSPS) is 34.2. The molecule has 4 aliphatic rings. The molecular weight excluding hydrogens is 441 g/mol. The molecule has 0 radical (unpaired) electrons. The summed E-state index contributed by atoms with van der Waals surface area (Å²) in [6.45, 7) is 2.18. The maximum Gasteiger partial charge on any atom is 0.417 e. The fraction of sp³-hybridized carbons (Fsp3) is 0.739. The molecule has 0 N–H and O–H groups in total. The first-order chi connectivity index (χ1) is 15.8. The van der Waals surface area contributed by atoms with Crippen molar-refractivity contribution >= 4 is 5.91 Å². The first-order valence-electron chi connectivity index (χ1n) is 11.5. The van der Waals surface area contributed by atoms with Crippen LogP contribution in [-0.2, 0) is 42.9 Å². The number of hydrogen-bond acceptors (Lipinski definition) is 6. The van der Waals surface area contributed by atoms with Crippen LogP contribution in [-0.4, -0.2) is 73.7 Å². The fourth-order valence-corrected chi connectivity index (χ4v) is 5.78. The van der Waals surface area contributed by atoms with E-state index in [9.17, 15) is 18.0 Å².